The minimum atomic E-state index is -1.08. The number of phenolic OH excluding ortho intramolecular Hbond substituents is 1. The minimum Gasteiger partial charge on any atom is -0.507 e. The van der Waals surface area contributed by atoms with Gasteiger partial charge in [0.1, 0.15) is 5.75 Å². The Balaban J connectivity index is 2.58. The summed E-state index contributed by atoms with van der Waals surface area (Å²) < 4.78 is 0. The number of benzene rings is 2. The van der Waals surface area contributed by atoms with Gasteiger partial charge in [0.25, 0.3) is 0 Å². The number of anilines is 1. The summed E-state index contributed by atoms with van der Waals surface area (Å²) in [5, 5.41) is 18.6. The normalized spacial score (nSPS) is 10.1. The van der Waals surface area contributed by atoms with Crippen LogP contribution in [-0.2, 0) is 0 Å². The maximum absolute atomic E-state index is 10.9. The predicted molar refractivity (Wildman–Crippen MR) is 64.9 cm³/mol. The van der Waals surface area contributed by atoms with Gasteiger partial charge in [-0.05, 0) is 23.8 Å². The van der Waals surface area contributed by atoms with E-state index in [1.165, 1.54) is 12.1 Å². The van der Waals surface area contributed by atoms with Crippen LogP contribution in [0.4, 0.5) is 5.69 Å². The lowest BCUT2D eigenvalue weighted by Gasteiger charge is -2.07. The molecule has 0 radical (unpaired) electrons. The summed E-state index contributed by atoms with van der Waals surface area (Å²) >= 11 is 0. The van der Waals surface area contributed by atoms with Gasteiger partial charge in [0.15, 0.2) is 0 Å². The summed E-state index contributed by atoms with van der Waals surface area (Å²) in [6.07, 6.45) is 0. The van der Waals surface area contributed by atoms with Crippen LogP contribution >= 0.6 is 0 Å². The van der Waals surface area contributed by atoms with Gasteiger partial charge in [-0.3, -0.25) is 0 Å². The Labute approximate surface area is 97.9 Å². The molecule has 0 atom stereocenters. The van der Waals surface area contributed by atoms with Gasteiger partial charge in [-0.1, -0.05) is 24.3 Å². The van der Waals surface area contributed by atoms with Crippen molar-refractivity contribution >= 4 is 11.7 Å². The molecule has 0 amide bonds. The highest BCUT2D eigenvalue weighted by molar-refractivity contribution is 5.95. The predicted octanol–water partition coefficient (Wildman–Crippen LogP) is 2.34. The number of aromatic hydroxyl groups is 1. The first-order chi connectivity index (χ1) is 8.09. The number of hydrogen-bond donors (Lipinski definition) is 3. The Morgan fingerprint density at radius 1 is 1.12 bits per heavy atom. The number of nitrogens with two attached hydrogens (primary N) is 1. The Kier molecular flexibility index (Phi) is 2.70. The summed E-state index contributed by atoms with van der Waals surface area (Å²) in [4.78, 5) is 10.9. The van der Waals surface area contributed by atoms with Gasteiger partial charge in [0, 0.05) is 11.3 Å². The fourth-order valence-corrected chi connectivity index (χ4v) is 1.63. The maximum atomic E-state index is 10.9. The second kappa shape index (κ2) is 4.17. The van der Waals surface area contributed by atoms with Crippen molar-refractivity contribution < 1.29 is 15.0 Å². The van der Waals surface area contributed by atoms with Crippen molar-refractivity contribution in [1.82, 2.24) is 0 Å². The smallest absolute Gasteiger partial charge is 0.337 e. The molecular formula is C13H11NO3. The third-order valence-electron chi connectivity index (χ3n) is 2.50. The van der Waals surface area contributed by atoms with E-state index < -0.39 is 5.97 Å². The van der Waals surface area contributed by atoms with E-state index in [4.69, 9.17) is 10.8 Å². The van der Waals surface area contributed by atoms with Crippen LogP contribution in [0, 0.1) is 0 Å². The van der Waals surface area contributed by atoms with E-state index in [-0.39, 0.29) is 17.0 Å². The molecule has 0 saturated heterocycles. The van der Waals surface area contributed by atoms with E-state index in [2.05, 4.69) is 0 Å². The van der Waals surface area contributed by atoms with Gasteiger partial charge in [-0.2, -0.15) is 0 Å². The third kappa shape index (κ3) is 2.06. The van der Waals surface area contributed by atoms with Gasteiger partial charge >= 0.3 is 5.97 Å². The van der Waals surface area contributed by atoms with Crippen molar-refractivity contribution in [2.75, 3.05) is 5.73 Å². The van der Waals surface area contributed by atoms with Crippen LogP contribution in [0.5, 0.6) is 5.75 Å². The highest BCUT2D eigenvalue weighted by Crippen LogP contribution is 2.30. The molecule has 0 heterocycles. The molecule has 0 bridgehead atoms. The van der Waals surface area contributed by atoms with E-state index >= 15 is 0 Å². The number of carbonyl (C=O) groups is 1. The molecule has 2 aromatic rings. The molecule has 0 saturated carbocycles. The van der Waals surface area contributed by atoms with E-state index in [0.29, 0.717) is 11.1 Å². The molecule has 4 heteroatoms. The van der Waals surface area contributed by atoms with Crippen LogP contribution in [0.2, 0.25) is 0 Å². The molecule has 86 valence electrons. The summed E-state index contributed by atoms with van der Waals surface area (Å²) in [6.45, 7) is 0. The van der Waals surface area contributed by atoms with E-state index in [0.717, 1.165) is 0 Å². The van der Waals surface area contributed by atoms with Crippen molar-refractivity contribution in [3.8, 4) is 16.9 Å². The Morgan fingerprint density at radius 3 is 2.47 bits per heavy atom. The van der Waals surface area contributed by atoms with Crippen LogP contribution < -0.4 is 5.73 Å². The van der Waals surface area contributed by atoms with E-state index in [9.17, 15) is 9.90 Å². The maximum Gasteiger partial charge on any atom is 0.337 e. The van der Waals surface area contributed by atoms with E-state index in [1.54, 1.807) is 30.3 Å². The zero-order chi connectivity index (χ0) is 12.4. The number of para-hydroxylation sites is 1. The number of carboxylic acids is 1. The Bertz CT molecular complexity index is 579. The number of rotatable bonds is 2. The SMILES string of the molecule is Nc1ccc(-c2ccccc2O)cc1C(=O)O. The molecule has 0 spiro atoms. The second-order valence-electron chi connectivity index (χ2n) is 3.62. The van der Waals surface area contributed by atoms with E-state index in [1.807, 2.05) is 0 Å². The molecule has 4 nitrogen and oxygen atoms in total. The number of carboxylic acid groups (broad SMARTS) is 1. The van der Waals surface area contributed by atoms with Gasteiger partial charge in [0.05, 0.1) is 5.56 Å². The van der Waals surface area contributed by atoms with Crippen LogP contribution in [0.25, 0.3) is 11.1 Å². The lowest BCUT2D eigenvalue weighted by molar-refractivity contribution is 0.0698. The fraction of sp³-hybridized carbons (Fsp3) is 0. The Hall–Kier alpha value is -2.49. The molecule has 4 N–H and O–H groups in total. The molecule has 0 aliphatic carbocycles. The van der Waals surface area contributed by atoms with Gasteiger partial charge in [0.2, 0.25) is 0 Å². The lowest BCUT2D eigenvalue weighted by atomic mass is 10.0. The number of hydrogen-bond acceptors (Lipinski definition) is 3. The minimum absolute atomic E-state index is 0.0331. The molecule has 17 heavy (non-hydrogen) atoms. The first-order valence-electron chi connectivity index (χ1n) is 5.01. The first-order valence-corrected chi connectivity index (χ1v) is 5.01. The molecule has 2 aromatic carbocycles. The van der Waals surface area contributed by atoms with Crippen molar-refractivity contribution in [3.63, 3.8) is 0 Å². The zero-order valence-corrected chi connectivity index (χ0v) is 8.92. The van der Waals surface area contributed by atoms with Crippen molar-refractivity contribution in [2.45, 2.75) is 0 Å². The van der Waals surface area contributed by atoms with Crippen molar-refractivity contribution in [3.05, 3.63) is 48.0 Å². The molecule has 0 aliphatic rings. The van der Waals surface area contributed by atoms with Gasteiger partial charge in [-0.25, -0.2) is 4.79 Å². The second-order valence-corrected chi connectivity index (χ2v) is 3.62. The summed E-state index contributed by atoms with van der Waals surface area (Å²) in [5.74, 6) is -0.978. The molecule has 2 rings (SSSR count). The fourth-order valence-electron chi connectivity index (χ4n) is 1.63. The summed E-state index contributed by atoms with van der Waals surface area (Å²) in [5.41, 5.74) is 7.00. The molecular weight excluding hydrogens is 218 g/mol. The average molecular weight is 229 g/mol. The van der Waals surface area contributed by atoms with Gasteiger partial charge in [-0.15, -0.1) is 0 Å². The Morgan fingerprint density at radius 2 is 1.82 bits per heavy atom. The number of phenols is 1. The third-order valence-corrected chi connectivity index (χ3v) is 2.50. The first kappa shape index (κ1) is 11.0. The zero-order valence-electron chi connectivity index (χ0n) is 8.92. The highest BCUT2D eigenvalue weighted by atomic mass is 16.4. The average Bonchev–Trinajstić information content (AvgIpc) is 2.30. The summed E-state index contributed by atoms with van der Waals surface area (Å²) in [6, 6.07) is 11.4. The lowest BCUT2D eigenvalue weighted by Crippen LogP contribution is -2.02. The van der Waals surface area contributed by atoms with Crippen LogP contribution in [-0.4, -0.2) is 16.2 Å². The van der Waals surface area contributed by atoms with Crippen LogP contribution in [0.1, 0.15) is 10.4 Å². The quantitative estimate of drug-likeness (QED) is 0.690. The van der Waals surface area contributed by atoms with Gasteiger partial charge < -0.3 is 15.9 Å². The largest absolute Gasteiger partial charge is 0.507 e. The van der Waals surface area contributed by atoms with Crippen molar-refractivity contribution in [2.24, 2.45) is 0 Å². The van der Waals surface area contributed by atoms with Crippen LogP contribution in [0.3, 0.4) is 0 Å². The number of nitrogen functional groups attached to an aromatic ring is 1. The van der Waals surface area contributed by atoms with Crippen molar-refractivity contribution in [1.29, 1.82) is 0 Å². The molecule has 0 unspecified atom stereocenters. The molecule has 0 aliphatic heterocycles. The standard InChI is InChI=1S/C13H11NO3/c14-11-6-5-8(7-10(11)13(16)17)9-3-1-2-4-12(9)15/h1-7,15H,14H2,(H,16,17). The molecule has 0 fully saturated rings. The summed E-state index contributed by atoms with van der Waals surface area (Å²) in [7, 11) is 0. The monoisotopic (exact) mass is 229 g/mol. The van der Waals surface area contributed by atoms with Crippen LogP contribution in [0.15, 0.2) is 42.5 Å². The number of aromatic carboxylic acids is 1. The topological polar surface area (TPSA) is 83.5 Å². The highest BCUT2D eigenvalue weighted by Gasteiger charge is 2.11. The molecule has 0 aromatic heterocycles.